The van der Waals surface area contributed by atoms with E-state index in [4.69, 9.17) is 11.6 Å². The summed E-state index contributed by atoms with van der Waals surface area (Å²) in [4.78, 5) is 11.4. The number of aromatic nitrogens is 2. The van der Waals surface area contributed by atoms with E-state index < -0.39 is 16.9 Å². The fraction of sp³-hybridized carbons (Fsp3) is 0.714. The molecule has 0 atom stereocenters. The molecule has 0 fully saturated rings. The first-order valence-electron chi connectivity index (χ1n) is 6.74. The lowest BCUT2D eigenvalue weighted by Gasteiger charge is -2.39. The van der Waals surface area contributed by atoms with Gasteiger partial charge in [0, 0.05) is 18.6 Å². The molecule has 1 heterocycles. The predicted molar refractivity (Wildman–Crippen MR) is 80.0 cm³/mol. The minimum Gasteiger partial charge on any atom is -0.481 e. The maximum atomic E-state index is 11.4. The third-order valence-electron chi connectivity index (χ3n) is 4.25. The van der Waals surface area contributed by atoms with Crippen LogP contribution in [0.5, 0.6) is 0 Å². The van der Waals surface area contributed by atoms with Crippen molar-refractivity contribution in [3.8, 4) is 0 Å². The molecule has 0 amide bonds. The van der Waals surface area contributed by atoms with E-state index in [1.807, 2.05) is 32.4 Å². The average Bonchev–Trinajstić information content (AvgIpc) is 2.62. The van der Waals surface area contributed by atoms with Crippen molar-refractivity contribution in [1.82, 2.24) is 15.1 Å². The number of hydrogen-bond acceptors (Lipinski definition) is 3. The van der Waals surface area contributed by atoms with Crippen LogP contribution in [0.25, 0.3) is 0 Å². The molecule has 0 radical (unpaired) electrons. The lowest BCUT2D eigenvalue weighted by Crippen LogP contribution is -2.54. The lowest BCUT2D eigenvalue weighted by molar-refractivity contribution is -0.151. The number of carbonyl (C=O) groups is 1. The molecule has 1 aromatic heterocycles. The molecule has 0 aliphatic heterocycles. The van der Waals surface area contributed by atoms with Crippen molar-refractivity contribution in [1.29, 1.82) is 0 Å². The third-order valence-corrected chi connectivity index (χ3v) is 4.74. The van der Waals surface area contributed by atoms with Crippen LogP contribution in [0, 0.1) is 12.3 Å². The van der Waals surface area contributed by atoms with Gasteiger partial charge in [0.25, 0.3) is 0 Å². The molecule has 0 aliphatic carbocycles. The Morgan fingerprint density at radius 1 is 1.40 bits per heavy atom. The van der Waals surface area contributed by atoms with Crippen LogP contribution in [-0.2, 0) is 17.9 Å². The monoisotopic (exact) mass is 301 g/mol. The van der Waals surface area contributed by atoms with E-state index in [2.05, 4.69) is 10.4 Å². The number of halogens is 1. The predicted octanol–water partition coefficient (Wildman–Crippen LogP) is 2.84. The summed E-state index contributed by atoms with van der Waals surface area (Å²) in [5, 5.41) is 17.6. The van der Waals surface area contributed by atoms with E-state index in [1.54, 1.807) is 13.8 Å². The largest absolute Gasteiger partial charge is 0.481 e. The second kappa shape index (κ2) is 5.74. The van der Waals surface area contributed by atoms with Crippen molar-refractivity contribution in [3.63, 3.8) is 0 Å². The second-order valence-corrected chi connectivity index (χ2v) is 6.45. The third kappa shape index (κ3) is 2.99. The van der Waals surface area contributed by atoms with E-state index in [-0.39, 0.29) is 0 Å². The number of nitrogens with one attached hydrogen (secondary N) is 1. The van der Waals surface area contributed by atoms with Gasteiger partial charge in [0.2, 0.25) is 0 Å². The molecule has 0 aliphatic rings. The number of aliphatic carboxylic acids is 1. The highest BCUT2D eigenvalue weighted by molar-refractivity contribution is 6.31. The summed E-state index contributed by atoms with van der Waals surface area (Å²) in [5.41, 5.74) is 0.200. The molecule has 0 unspecified atom stereocenters. The van der Waals surface area contributed by atoms with Gasteiger partial charge in [-0.05, 0) is 41.5 Å². The fourth-order valence-corrected chi connectivity index (χ4v) is 2.03. The molecule has 1 rings (SSSR count). The van der Waals surface area contributed by atoms with Crippen molar-refractivity contribution < 1.29 is 9.90 Å². The van der Waals surface area contributed by atoms with Crippen LogP contribution < -0.4 is 5.32 Å². The van der Waals surface area contributed by atoms with E-state index in [0.29, 0.717) is 11.6 Å². The van der Waals surface area contributed by atoms with Gasteiger partial charge in [-0.3, -0.25) is 9.48 Å². The Labute approximate surface area is 125 Å². The van der Waals surface area contributed by atoms with Crippen molar-refractivity contribution >= 4 is 17.6 Å². The minimum absolute atomic E-state index is 0.483. The van der Waals surface area contributed by atoms with Gasteiger partial charge >= 0.3 is 5.97 Å². The Hall–Kier alpha value is -1.07. The highest BCUT2D eigenvalue weighted by Gasteiger charge is 2.43. The fourth-order valence-electron chi connectivity index (χ4n) is 1.83. The summed E-state index contributed by atoms with van der Waals surface area (Å²) < 4.78 is 1.84. The molecule has 5 nitrogen and oxygen atoms in total. The highest BCUT2D eigenvalue weighted by Crippen LogP contribution is 2.31. The molecule has 1 aromatic rings. The molecule has 0 saturated carbocycles. The highest BCUT2D eigenvalue weighted by atomic mass is 35.5. The van der Waals surface area contributed by atoms with Gasteiger partial charge in [-0.15, -0.1) is 0 Å². The lowest BCUT2D eigenvalue weighted by atomic mass is 9.74. The smallest absolute Gasteiger partial charge is 0.310 e. The molecule has 2 N–H and O–H groups in total. The van der Waals surface area contributed by atoms with Crippen LogP contribution in [0.3, 0.4) is 0 Å². The Morgan fingerprint density at radius 2 is 1.95 bits per heavy atom. The number of aryl methyl sites for hydroxylation is 2. The van der Waals surface area contributed by atoms with E-state index in [0.717, 1.165) is 17.9 Å². The average molecular weight is 302 g/mol. The summed E-state index contributed by atoms with van der Waals surface area (Å²) in [6, 6.07) is 0. The van der Waals surface area contributed by atoms with E-state index >= 15 is 0 Å². The summed E-state index contributed by atoms with van der Waals surface area (Å²) in [6.45, 7) is 12.3. The van der Waals surface area contributed by atoms with Crippen LogP contribution >= 0.6 is 11.6 Å². The normalized spacial score (nSPS) is 12.8. The van der Waals surface area contributed by atoms with Gasteiger partial charge in [-0.2, -0.15) is 5.10 Å². The van der Waals surface area contributed by atoms with E-state index in [9.17, 15) is 9.90 Å². The first-order chi connectivity index (χ1) is 9.04. The molecule has 0 aromatic carbocycles. The van der Waals surface area contributed by atoms with Crippen LogP contribution in [0.4, 0.5) is 0 Å². The maximum absolute atomic E-state index is 11.4. The second-order valence-electron chi connectivity index (χ2n) is 6.07. The van der Waals surface area contributed by atoms with Crippen LogP contribution in [0.15, 0.2) is 0 Å². The number of carboxylic acid groups (broad SMARTS) is 1. The first kappa shape index (κ1) is 17.0. The molecular weight excluding hydrogens is 278 g/mol. The van der Waals surface area contributed by atoms with E-state index in [1.165, 1.54) is 0 Å². The molecule has 20 heavy (non-hydrogen) atoms. The Bertz CT molecular complexity index is 507. The van der Waals surface area contributed by atoms with Crippen molar-refractivity contribution in [2.45, 2.75) is 60.2 Å². The summed E-state index contributed by atoms with van der Waals surface area (Å²) in [7, 11) is 0. The van der Waals surface area contributed by atoms with Crippen molar-refractivity contribution in [2.24, 2.45) is 5.41 Å². The zero-order chi connectivity index (χ0) is 15.7. The van der Waals surface area contributed by atoms with Gasteiger partial charge in [-0.1, -0.05) is 11.6 Å². The van der Waals surface area contributed by atoms with Crippen molar-refractivity contribution in [2.75, 3.05) is 0 Å². The van der Waals surface area contributed by atoms with Crippen LogP contribution in [0.2, 0.25) is 5.02 Å². The van der Waals surface area contributed by atoms with Gasteiger partial charge in [0.05, 0.1) is 21.8 Å². The maximum Gasteiger partial charge on any atom is 0.310 e. The van der Waals surface area contributed by atoms with Gasteiger partial charge in [0.15, 0.2) is 0 Å². The number of rotatable bonds is 6. The molecular formula is C14H24ClN3O2. The number of hydrogen-bond donors (Lipinski definition) is 2. The first-order valence-corrected chi connectivity index (χ1v) is 7.12. The van der Waals surface area contributed by atoms with Crippen LogP contribution in [0.1, 0.15) is 46.0 Å². The SMILES string of the molecule is CCn1nc(C)c(Cl)c1CNC(C)(C)C(C)(C)C(=O)O. The summed E-state index contributed by atoms with van der Waals surface area (Å²) in [5.74, 6) is -0.832. The zero-order valence-corrected chi connectivity index (χ0v) is 13.8. The standard InChI is InChI=1S/C14H24ClN3O2/c1-7-18-10(11(15)9(2)17-18)8-16-14(5,6)13(3,4)12(19)20/h16H,7-8H2,1-6H3,(H,19,20). The molecule has 6 heteroatoms. The Kier molecular flexibility index (Phi) is 4.87. The minimum atomic E-state index is -0.897. The summed E-state index contributed by atoms with van der Waals surface area (Å²) >= 11 is 6.26. The Morgan fingerprint density at radius 3 is 2.40 bits per heavy atom. The summed E-state index contributed by atoms with van der Waals surface area (Å²) in [6.07, 6.45) is 0. The van der Waals surface area contributed by atoms with Crippen molar-refractivity contribution in [3.05, 3.63) is 16.4 Å². The van der Waals surface area contributed by atoms with Crippen LogP contribution in [-0.4, -0.2) is 26.4 Å². The van der Waals surface area contributed by atoms with Gasteiger partial charge < -0.3 is 10.4 Å². The molecule has 0 bridgehead atoms. The zero-order valence-electron chi connectivity index (χ0n) is 13.0. The number of nitrogens with zero attached hydrogens (tertiary/aromatic N) is 2. The number of carboxylic acids is 1. The van der Waals surface area contributed by atoms with Gasteiger partial charge in [0.1, 0.15) is 0 Å². The molecule has 0 saturated heterocycles. The molecule has 114 valence electrons. The Balaban J connectivity index is 2.94. The molecule has 0 spiro atoms. The topological polar surface area (TPSA) is 67.2 Å². The quantitative estimate of drug-likeness (QED) is 0.848. The van der Waals surface area contributed by atoms with Gasteiger partial charge in [-0.25, -0.2) is 0 Å².